The van der Waals surface area contributed by atoms with Crippen LogP contribution in [0.15, 0.2) is 17.4 Å². The zero-order valence-corrected chi connectivity index (χ0v) is 18.7. The molecule has 0 radical (unpaired) electrons. The van der Waals surface area contributed by atoms with Gasteiger partial charge < -0.3 is 14.2 Å². The van der Waals surface area contributed by atoms with Gasteiger partial charge in [0.1, 0.15) is 5.75 Å². The fourth-order valence-electron chi connectivity index (χ4n) is 2.78. The van der Waals surface area contributed by atoms with Gasteiger partial charge in [0.05, 0.1) is 13.2 Å². The molecule has 0 aliphatic heterocycles. The standard InChI is InChI=1S/C21H35O4P/c1-10-24-26(23,25-11-2)15(3)12-16-13-17(20(4,5)6)19(22)18(14-16)21(7,8)9/h12-14,22H,10-11H2,1-9H3/b15-12-. The molecule has 5 heteroatoms. The van der Waals surface area contributed by atoms with Gasteiger partial charge in [-0.3, -0.25) is 4.57 Å². The van der Waals surface area contributed by atoms with Crippen molar-refractivity contribution in [2.45, 2.75) is 73.1 Å². The molecule has 0 amide bonds. The molecule has 1 rings (SSSR count). The van der Waals surface area contributed by atoms with Crippen molar-refractivity contribution in [3.8, 4) is 5.75 Å². The van der Waals surface area contributed by atoms with Crippen LogP contribution in [-0.2, 0) is 24.4 Å². The highest BCUT2D eigenvalue weighted by Crippen LogP contribution is 2.56. The smallest absolute Gasteiger partial charge is 0.357 e. The second-order valence-corrected chi connectivity index (χ2v) is 10.8. The van der Waals surface area contributed by atoms with E-state index < -0.39 is 7.60 Å². The Hall–Kier alpha value is -1.09. The molecule has 0 fully saturated rings. The quantitative estimate of drug-likeness (QED) is 0.562. The van der Waals surface area contributed by atoms with Crippen LogP contribution in [0.2, 0.25) is 0 Å². The van der Waals surface area contributed by atoms with E-state index in [1.807, 2.05) is 18.2 Å². The first-order valence-corrected chi connectivity index (χ1v) is 10.8. The Morgan fingerprint density at radius 1 is 1.00 bits per heavy atom. The zero-order chi connectivity index (χ0) is 20.3. The van der Waals surface area contributed by atoms with Gasteiger partial charge in [0.15, 0.2) is 0 Å². The molecule has 0 atom stereocenters. The summed E-state index contributed by atoms with van der Waals surface area (Å²) in [5.41, 5.74) is 2.18. The predicted molar refractivity (Wildman–Crippen MR) is 110 cm³/mol. The number of aromatic hydroxyl groups is 1. The lowest BCUT2D eigenvalue weighted by atomic mass is 9.78. The third kappa shape index (κ3) is 5.45. The van der Waals surface area contributed by atoms with Gasteiger partial charge in [-0.05, 0) is 55.4 Å². The summed E-state index contributed by atoms with van der Waals surface area (Å²) in [5, 5.41) is 11.4. The van der Waals surface area contributed by atoms with Crippen LogP contribution in [0.3, 0.4) is 0 Å². The molecule has 0 aliphatic rings. The highest BCUT2D eigenvalue weighted by atomic mass is 31.2. The average molecular weight is 382 g/mol. The summed E-state index contributed by atoms with van der Waals surface area (Å²) in [7, 11) is -3.30. The number of hydrogen-bond acceptors (Lipinski definition) is 4. The molecule has 148 valence electrons. The maximum Gasteiger partial charge on any atom is 0.357 e. The van der Waals surface area contributed by atoms with Crippen molar-refractivity contribution in [3.05, 3.63) is 34.1 Å². The first kappa shape index (κ1) is 23.0. The molecule has 0 spiro atoms. The van der Waals surface area contributed by atoms with Crippen LogP contribution in [0.25, 0.3) is 6.08 Å². The topological polar surface area (TPSA) is 55.8 Å². The van der Waals surface area contributed by atoms with Crippen molar-refractivity contribution < 1.29 is 18.7 Å². The third-order valence-electron chi connectivity index (χ3n) is 4.15. The summed E-state index contributed by atoms with van der Waals surface area (Å²) in [5.74, 6) is 0.331. The molecule has 1 N–H and O–H groups in total. The van der Waals surface area contributed by atoms with Gasteiger partial charge in [-0.25, -0.2) is 0 Å². The zero-order valence-electron chi connectivity index (χ0n) is 17.8. The average Bonchev–Trinajstić information content (AvgIpc) is 2.46. The van der Waals surface area contributed by atoms with Crippen LogP contribution in [0.5, 0.6) is 5.75 Å². The third-order valence-corrected chi connectivity index (χ3v) is 6.34. The molecule has 0 saturated heterocycles. The second-order valence-electron chi connectivity index (χ2n) is 8.58. The lowest BCUT2D eigenvalue weighted by molar-refractivity contribution is 0.226. The van der Waals surface area contributed by atoms with Crippen molar-refractivity contribution in [1.29, 1.82) is 0 Å². The number of rotatable bonds is 6. The van der Waals surface area contributed by atoms with Gasteiger partial charge in [0.25, 0.3) is 0 Å². The molecule has 1 aromatic rings. The molecule has 0 unspecified atom stereocenters. The van der Waals surface area contributed by atoms with E-state index in [1.54, 1.807) is 20.8 Å². The van der Waals surface area contributed by atoms with E-state index in [2.05, 4.69) is 41.5 Å². The Labute approximate surface area is 159 Å². The molecule has 0 bridgehead atoms. The SMILES string of the molecule is CCOP(=O)(OCC)/C(C)=C\c1cc(C(C)(C)C)c(O)c(C(C)(C)C)c1. The Morgan fingerprint density at radius 2 is 1.38 bits per heavy atom. The van der Waals surface area contributed by atoms with Crippen LogP contribution in [0, 0.1) is 0 Å². The minimum atomic E-state index is -3.30. The predicted octanol–water partition coefficient (Wildman–Crippen LogP) is 6.61. The first-order valence-electron chi connectivity index (χ1n) is 9.22. The molecule has 0 saturated carbocycles. The van der Waals surface area contributed by atoms with Crippen molar-refractivity contribution in [2.75, 3.05) is 13.2 Å². The van der Waals surface area contributed by atoms with E-state index in [0.29, 0.717) is 24.3 Å². The molecule has 26 heavy (non-hydrogen) atoms. The number of phenols is 1. The van der Waals surface area contributed by atoms with Gasteiger partial charge in [0, 0.05) is 16.4 Å². The Bertz CT molecular complexity index is 661. The van der Waals surface area contributed by atoms with E-state index in [-0.39, 0.29) is 10.8 Å². The summed E-state index contributed by atoms with van der Waals surface area (Å²) in [4.78, 5) is 0. The molecule has 1 aromatic carbocycles. The highest BCUT2D eigenvalue weighted by Gasteiger charge is 2.28. The molecular weight excluding hydrogens is 347 g/mol. The highest BCUT2D eigenvalue weighted by molar-refractivity contribution is 7.58. The maximum absolute atomic E-state index is 13.0. The fraction of sp³-hybridized carbons (Fsp3) is 0.619. The van der Waals surface area contributed by atoms with E-state index in [4.69, 9.17) is 9.05 Å². The van der Waals surface area contributed by atoms with Crippen molar-refractivity contribution >= 4 is 13.7 Å². The van der Waals surface area contributed by atoms with Gasteiger partial charge in [0.2, 0.25) is 0 Å². The van der Waals surface area contributed by atoms with Crippen molar-refractivity contribution in [1.82, 2.24) is 0 Å². The summed E-state index contributed by atoms with van der Waals surface area (Å²) >= 11 is 0. The van der Waals surface area contributed by atoms with Crippen LogP contribution in [0.1, 0.15) is 79.0 Å². The molecular formula is C21H35O4P. The van der Waals surface area contributed by atoms with Crippen molar-refractivity contribution in [3.63, 3.8) is 0 Å². The van der Waals surface area contributed by atoms with E-state index in [1.165, 1.54) is 0 Å². The lowest BCUT2D eigenvalue weighted by Crippen LogP contribution is -2.17. The summed E-state index contributed by atoms with van der Waals surface area (Å²) in [6.45, 7) is 18.4. The van der Waals surface area contributed by atoms with Gasteiger partial charge in [-0.15, -0.1) is 0 Å². The van der Waals surface area contributed by atoms with Gasteiger partial charge in [-0.2, -0.15) is 0 Å². The Balaban J connectivity index is 3.60. The Kier molecular flexibility index (Phi) is 7.32. The fourth-order valence-corrected chi connectivity index (χ4v) is 4.25. The summed E-state index contributed by atoms with van der Waals surface area (Å²) in [6.07, 6.45) is 1.84. The van der Waals surface area contributed by atoms with Gasteiger partial charge in [-0.1, -0.05) is 41.5 Å². The van der Waals surface area contributed by atoms with E-state index >= 15 is 0 Å². The molecule has 0 aliphatic carbocycles. The second kappa shape index (κ2) is 8.29. The minimum Gasteiger partial charge on any atom is -0.507 e. The van der Waals surface area contributed by atoms with Crippen LogP contribution in [-0.4, -0.2) is 18.3 Å². The molecule has 4 nitrogen and oxygen atoms in total. The number of phenolic OH excluding ortho intramolecular Hbond substituents is 1. The lowest BCUT2D eigenvalue weighted by Gasteiger charge is -2.28. The minimum absolute atomic E-state index is 0.217. The van der Waals surface area contributed by atoms with Crippen LogP contribution >= 0.6 is 7.60 Å². The maximum atomic E-state index is 13.0. The van der Waals surface area contributed by atoms with E-state index in [0.717, 1.165) is 16.7 Å². The number of allylic oxidation sites excluding steroid dienone is 1. The number of benzene rings is 1. The molecule has 0 aromatic heterocycles. The van der Waals surface area contributed by atoms with Crippen molar-refractivity contribution in [2.24, 2.45) is 0 Å². The summed E-state index contributed by atoms with van der Waals surface area (Å²) in [6, 6.07) is 3.91. The van der Waals surface area contributed by atoms with Crippen LogP contribution < -0.4 is 0 Å². The Morgan fingerprint density at radius 3 is 1.69 bits per heavy atom. The van der Waals surface area contributed by atoms with E-state index in [9.17, 15) is 9.67 Å². The molecule has 0 heterocycles. The largest absolute Gasteiger partial charge is 0.507 e. The number of hydrogen-bond donors (Lipinski definition) is 1. The summed E-state index contributed by atoms with van der Waals surface area (Å²) < 4.78 is 23.9. The van der Waals surface area contributed by atoms with Crippen LogP contribution in [0.4, 0.5) is 0 Å². The normalized spacial score (nSPS) is 14.0. The van der Waals surface area contributed by atoms with Gasteiger partial charge >= 0.3 is 7.60 Å². The monoisotopic (exact) mass is 382 g/mol. The first-order chi connectivity index (χ1) is 11.8.